The molecule has 2 aromatic rings. The molecule has 0 radical (unpaired) electrons. The minimum absolute atomic E-state index is 0.0857. The molecular weight excluding hydrogens is 506 g/mol. The zero-order chi connectivity index (χ0) is 27.0. The number of hydrogen-bond donors (Lipinski definition) is 2. The second-order valence-corrected chi connectivity index (χ2v) is 7.91. The third-order valence-corrected chi connectivity index (χ3v) is 5.20. The number of carbonyl (C=O) groups is 2. The van der Waals surface area contributed by atoms with E-state index in [0.29, 0.717) is 12.5 Å². The molecular formula is C21H22F6N2O7. The molecule has 36 heavy (non-hydrogen) atoms. The molecule has 2 aliphatic heterocycles. The number of ether oxygens (including phenoxy) is 2. The third kappa shape index (κ3) is 8.71. The van der Waals surface area contributed by atoms with Crippen molar-refractivity contribution in [2.75, 3.05) is 32.9 Å². The SMILES string of the molecule is O=C(O)C(F)(F)F.O=C(O)C(F)(F)F.c1cncc(OC[C@]23COC[C@H]2CN(Cc2ccco2)C3)c1. The van der Waals surface area contributed by atoms with E-state index >= 15 is 0 Å². The summed E-state index contributed by atoms with van der Waals surface area (Å²) in [5.74, 6) is -3.14. The number of halogens is 6. The van der Waals surface area contributed by atoms with Gasteiger partial charge in [0.1, 0.15) is 11.5 Å². The minimum atomic E-state index is -5.08. The number of hydrogen-bond acceptors (Lipinski definition) is 7. The summed E-state index contributed by atoms with van der Waals surface area (Å²) in [7, 11) is 0. The normalized spacial score (nSPS) is 21.4. The van der Waals surface area contributed by atoms with Crippen LogP contribution in [0.2, 0.25) is 0 Å². The van der Waals surface area contributed by atoms with Crippen LogP contribution in [0, 0.1) is 11.3 Å². The molecule has 2 atom stereocenters. The van der Waals surface area contributed by atoms with Gasteiger partial charge in [-0.3, -0.25) is 9.88 Å². The van der Waals surface area contributed by atoms with E-state index in [1.165, 1.54) is 0 Å². The summed E-state index contributed by atoms with van der Waals surface area (Å²) in [4.78, 5) is 24.3. The number of carboxylic acid groups (broad SMARTS) is 2. The van der Waals surface area contributed by atoms with Crippen molar-refractivity contribution in [1.29, 1.82) is 0 Å². The van der Waals surface area contributed by atoms with E-state index in [2.05, 4.69) is 9.88 Å². The summed E-state index contributed by atoms with van der Waals surface area (Å²) in [6.45, 7) is 5.16. The zero-order valence-corrected chi connectivity index (χ0v) is 18.5. The van der Waals surface area contributed by atoms with Crippen LogP contribution < -0.4 is 4.74 Å². The molecule has 2 saturated heterocycles. The molecule has 200 valence electrons. The highest BCUT2D eigenvalue weighted by Crippen LogP contribution is 2.42. The number of alkyl halides is 6. The second-order valence-electron chi connectivity index (χ2n) is 7.91. The van der Waals surface area contributed by atoms with Crippen LogP contribution in [0.4, 0.5) is 26.3 Å². The molecule has 0 saturated carbocycles. The number of aromatic nitrogens is 1. The molecule has 0 spiro atoms. The van der Waals surface area contributed by atoms with E-state index < -0.39 is 24.3 Å². The number of pyridine rings is 1. The smallest absolute Gasteiger partial charge is 0.490 e. The van der Waals surface area contributed by atoms with Gasteiger partial charge >= 0.3 is 24.3 Å². The van der Waals surface area contributed by atoms with Gasteiger partial charge in [0.05, 0.1) is 38.8 Å². The van der Waals surface area contributed by atoms with Crippen LogP contribution >= 0.6 is 0 Å². The van der Waals surface area contributed by atoms with Gasteiger partial charge < -0.3 is 24.1 Å². The predicted molar refractivity (Wildman–Crippen MR) is 108 cm³/mol. The fourth-order valence-electron chi connectivity index (χ4n) is 3.55. The Morgan fingerprint density at radius 1 is 1.11 bits per heavy atom. The first kappa shape index (κ1) is 28.9. The molecule has 4 heterocycles. The Bertz CT molecular complexity index is 945. The van der Waals surface area contributed by atoms with Crippen LogP contribution in [0.25, 0.3) is 0 Å². The van der Waals surface area contributed by atoms with Crippen LogP contribution in [-0.2, 0) is 20.9 Å². The van der Waals surface area contributed by atoms with Gasteiger partial charge in [0, 0.05) is 30.6 Å². The Morgan fingerprint density at radius 3 is 2.25 bits per heavy atom. The summed E-state index contributed by atoms with van der Waals surface area (Å²) in [5.41, 5.74) is 0.0857. The van der Waals surface area contributed by atoms with Crippen molar-refractivity contribution in [3.63, 3.8) is 0 Å². The number of nitrogens with zero attached hydrogens (tertiary/aromatic N) is 2. The molecule has 0 unspecified atom stereocenters. The summed E-state index contributed by atoms with van der Waals surface area (Å²) in [6, 6.07) is 7.82. The average Bonchev–Trinajstić information content (AvgIpc) is 3.49. The molecule has 0 amide bonds. The number of rotatable bonds is 5. The van der Waals surface area contributed by atoms with Crippen LogP contribution in [0.5, 0.6) is 5.75 Å². The lowest BCUT2D eigenvalue weighted by molar-refractivity contribution is -0.193. The number of fused-ring (bicyclic) bond motifs is 1. The topological polar surface area (TPSA) is 122 Å². The highest BCUT2D eigenvalue weighted by molar-refractivity contribution is 5.73. The molecule has 2 N–H and O–H groups in total. The first-order valence-electron chi connectivity index (χ1n) is 10.2. The molecule has 2 fully saturated rings. The highest BCUT2D eigenvalue weighted by Gasteiger charge is 2.51. The van der Waals surface area contributed by atoms with Crippen molar-refractivity contribution in [1.82, 2.24) is 9.88 Å². The van der Waals surface area contributed by atoms with E-state index in [0.717, 1.165) is 44.4 Å². The van der Waals surface area contributed by atoms with Gasteiger partial charge in [-0.15, -0.1) is 0 Å². The summed E-state index contributed by atoms with van der Waals surface area (Å²) in [6.07, 6.45) is -4.92. The van der Waals surface area contributed by atoms with E-state index in [1.807, 2.05) is 24.3 Å². The van der Waals surface area contributed by atoms with Crippen molar-refractivity contribution < 1.29 is 60.0 Å². The van der Waals surface area contributed by atoms with Crippen molar-refractivity contribution in [3.8, 4) is 5.75 Å². The Hall–Kier alpha value is -3.33. The standard InChI is InChI=1S/C17H20N2O3.2C2HF3O2/c1-3-15(7-18-5-1)22-13-17-11-19(8-14(17)10-20-12-17)9-16-4-2-6-21-16;2*3-2(4,5)1(6)7/h1-7,14H,8-13H2;2*(H,6,7)/t14-,17+;;/m1../s1. The first-order valence-corrected chi connectivity index (χ1v) is 10.2. The lowest BCUT2D eigenvalue weighted by Crippen LogP contribution is -2.36. The summed E-state index contributed by atoms with van der Waals surface area (Å²) in [5, 5.41) is 14.2. The second kappa shape index (κ2) is 12.1. The van der Waals surface area contributed by atoms with Crippen molar-refractivity contribution in [3.05, 3.63) is 48.7 Å². The minimum Gasteiger partial charge on any atom is -0.491 e. The Labute approximate surface area is 200 Å². The van der Waals surface area contributed by atoms with E-state index in [-0.39, 0.29) is 5.41 Å². The summed E-state index contributed by atoms with van der Waals surface area (Å²) < 4.78 is 80.7. The van der Waals surface area contributed by atoms with Crippen LogP contribution in [0.1, 0.15) is 5.76 Å². The van der Waals surface area contributed by atoms with E-state index in [9.17, 15) is 26.3 Å². The Balaban J connectivity index is 0.000000271. The molecule has 9 nitrogen and oxygen atoms in total. The molecule has 0 bridgehead atoms. The molecule has 2 aliphatic rings. The van der Waals surface area contributed by atoms with Gasteiger partial charge in [-0.05, 0) is 24.3 Å². The van der Waals surface area contributed by atoms with E-state index in [4.69, 9.17) is 33.7 Å². The molecule has 15 heteroatoms. The van der Waals surface area contributed by atoms with Crippen LogP contribution in [-0.4, -0.2) is 77.3 Å². The van der Waals surface area contributed by atoms with Crippen molar-refractivity contribution in [2.24, 2.45) is 11.3 Å². The first-order chi connectivity index (χ1) is 16.7. The maximum Gasteiger partial charge on any atom is 0.490 e. The molecule has 0 aromatic carbocycles. The fraction of sp³-hybridized carbons (Fsp3) is 0.476. The lowest BCUT2D eigenvalue weighted by Gasteiger charge is -2.27. The number of aliphatic carboxylic acids is 2. The largest absolute Gasteiger partial charge is 0.491 e. The average molecular weight is 528 g/mol. The zero-order valence-electron chi connectivity index (χ0n) is 18.5. The quantitative estimate of drug-likeness (QED) is 0.562. The monoisotopic (exact) mass is 528 g/mol. The van der Waals surface area contributed by atoms with Crippen molar-refractivity contribution in [2.45, 2.75) is 18.9 Å². The van der Waals surface area contributed by atoms with Crippen LogP contribution in [0.15, 0.2) is 47.3 Å². The van der Waals surface area contributed by atoms with Gasteiger partial charge in [-0.2, -0.15) is 26.3 Å². The molecule has 4 rings (SSSR count). The van der Waals surface area contributed by atoms with Gasteiger partial charge in [-0.1, -0.05) is 0 Å². The number of furan rings is 1. The maximum atomic E-state index is 10.6. The van der Waals surface area contributed by atoms with E-state index in [1.54, 1.807) is 18.7 Å². The van der Waals surface area contributed by atoms with Gasteiger partial charge in [0.25, 0.3) is 0 Å². The maximum absolute atomic E-state index is 10.6. The molecule has 0 aliphatic carbocycles. The molecule has 2 aromatic heterocycles. The van der Waals surface area contributed by atoms with Gasteiger partial charge in [-0.25, -0.2) is 9.59 Å². The number of likely N-dealkylation sites (tertiary alicyclic amines) is 1. The lowest BCUT2D eigenvalue weighted by atomic mass is 9.82. The predicted octanol–water partition coefficient (Wildman–Crippen LogP) is 3.47. The fourth-order valence-corrected chi connectivity index (χ4v) is 3.55. The Kier molecular flexibility index (Phi) is 9.69. The van der Waals surface area contributed by atoms with Gasteiger partial charge in [0.15, 0.2) is 0 Å². The third-order valence-electron chi connectivity index (χ3n) is 5.20. The van der Waals surface area contributed by atoms with Gasteiger partial charge in [0.2, 0.25) is 0 Å². The number of carboxylic acids is 2. The van der Waals surface area contributed by atoms with Crippen LogP contribution in [0.3, 0.4) is 0 Å². The van der Waals surface area contributed by atoms with Crippen molar-refractivity contribution >= 4 is 11.9 Å². The Morgan fingerprint density at radius 2 is 1.75 bits per heavy atom. The summed E-state index contributed by atoms with van der Waals surface area (Å²) >= 11 is 0. The highest BCUT2D eigenvalue weighted by atomic mass is 19.4.